The van der Waals surface area contributed by atoms with Gasteiger partial charge in [-0.1, -0.05) is 0 Å². The first-order chi connectivity index (χ1) is 10.6. The van der Waals surface area contributed by atoms with Gasteiger partial charge in [0.05, 0.1) is 5.69 Å². The molecule has 1 aromatic heterocycles. The molecule has 2 rings (SSSR count). The van der Waals surface area contributed by atoms with E-state index in [-0.39, 0.29) is 18.4 Å². The second-order valence-corrected chi connectivity index (χ2v) is 6.26. The fraction of sp³-hybridized carbons (Fsp3) is 0.667. The van der Waals surface area contributed by atoms with E-state index in [0.29, 0.717) is 37.6 Å². The monoisotopic (exact) mass is 325 g/mol. The lowest BCUT2D eigenvalue weighted by molar-refractivity contribution is -0.135. The van der Waals surface area contributed by atoms with Gasteiger partial charge < -0.3 is 14.5 Å². The van der Waals surface area contributed by atoms with Gasteiger partial charge >= 0.3 is 0 Å². The summed E-state index contributed by atoms with van der Waals surface area (Å²) < 4.78 is 4.90. The Morgan fingerprint density at radius 1 is 1.27 bits per heavy atom. The van der Waals surface area contributed by atoms with Crippen LogP contribution in [0.2, 0.25) is 0 Å². The molecule has 0 saturated carbocycles. The number of nitrogens with zero attached hydrogens (tertiary/aromatic N) is 3. The van der Waals surface area contributed by atoms with Crippen molar-refractivity contribution in [3.8, 4) is 0 Å². The molecule has 1 aromatic rings. The van der Waals surface area contributed by atoms with E-state index >= 15 is 0 Å². The molecule has 0 N–H and O–H groups in total. The number of carbonyl (C=O) groups excluding carboxylic acids is 2. The largest absolute Gasteiger partial charge is 0.375 e. The first-order valence-electron chi connectivity index (χ1n) is 7.65. The van der Waals surface area contributed by atoms with Crippen LogP contribution >= 0.6 is 11.3 Å². The van der Waals surface area contributed by atoms with E-state index in [1.54, 1.807) is 4.90 Å². The quantitative estimate of drug-likeness (QED) is 0.816. The van der Waals surface area contributed by atoms with Crippen LogP contribution in [0.25, 0.3) is 0 Å². The molecule has 0 radical (unpaired) electrons. The summed E-state index contributed by atoms with van der Waals surface area (Å²) >= 11 is 1.47. The van der Waals surface area contributed by atoms with Crippen LogP contribution in [0.5, 0.6) is 0 Å². The zero-order valence-electron chi connectivity index (χ0n) is 13.4. The second-order valence-electron chi connectivity index (χ2n) is 5.18. The average Bonchev–Trinajstić information content (AvgIpc) is 2.82. The van der Waals surface area contributed by atoms with E-state index in [1.165, 1.54) is 18.4 Å². The molecule has 1 aliphatic heterocycles. The molecule has 2 amide bonds. The molecule has 22 heavy (non-hydrogen) atoms. The number of thiazole rings is 1. The predicted octanol–water partition coefficient (Wildman–Crippen LogP) is 1.20. The summed E-state index contributed by atoms with van der Waals surface area (Å²) in [7, 11) is 1.53. The SMILES string of the molecule is CCN(CC)C(=O)c1nc2c(s1)CCN(C(=O)COC)CC2. The van der Waals surface area contributed by atoms with Gasteiger partial charge in [0.2, 0.25) is 5.91 Å². The predicted molar refractivity (Wildman–Crippen MR) is 85.2 cm³/mol. The third-order valence-electron chi connectivity index (χ3n) is 3.86. The van der Waals surface area contributed by atoms with Crippen LogP contribution in [-0.2, 0) is 22.4 Å². The molecular weight excluding hydrogens is 302 g/mol. The molecule has 2 heterocycles. The van der Waals surface area contributed by atoms with Gasteiger partial charge in [0.1, 0.15) is 6.61 Å². The second kappa shape index (κ2) is 7.69. The minimum absolute atomic E-state index is 0.00962. The van der Waals surface area contributed by atoms with Crippen LogP contribution in [-0.4, -0.2) is 66.5 Å². The van der Waals surface area contributed by atoms with Crippen LogP contribution < -0.4 is 0 Å². The van der Waals surface area contributed by atoms with Gasteiger partial charge in [0, 0.05) is 51.0 Å². The molecule has 6 nitrogen and oxygen atoms in total. The number of rotatable bonds is 5. The summed E-state index contributed by atoms with van der Waals surface area (Å²) in [6.07, 6.45) is 1.46. The molecule has 0 bridgehead atoms. The van der Waals surface area contributed by atoms with Crippen molar-refractivity contribution >= 4 is 23.2 Å². The number of fused-ring (bicyclic) bond motifs is 1. The topological polar surface area (TPSA) is 62.7 Å². The Hall–Kier alpha value is -1.47. The van der Waals surface area contributed by atoms with E-state index < -0.39 is 0 Å². The van der Waals surface area contributed by atoms with Crippen molar-refractivity contribution < 1.29 is 14.3 Å². The summed E-state index contributed by atoms with van der Waals surface area (Å²) in [5, 5.41) is 0.574. The highest BCUT2D eigenvalue weighted by Gasteiger charge is 2.24. The Labute approximate surface area is 135 Å². The summed E-state index contributed by atoms with van der Waals surface area (Å²) in [5.74, 6) is 0.0208. The highest BCUT2D eigenvalue weighted by molar-refractivity contribution is 7.13. The minimum Gasteiger partial charge on any atom is -0.375 e. The highest BCUT2D eigenvalue weighted by atomic mass is 32.1. The molecule has 0 unspecified atom stereocenters. The lowest BCUT2D eigenvalue weighted by Gasteiger charge is -2.19. The molecule has 0 saturated heterocycles. The van der Waals surface area contributed by atoms with Gasteiger partial charge in [0.25, 0.3) is 5.91 Å². The standard InChI is InChI=1S/C15H23N3O3S/c1-4-17(5-2)15(20)14-16-11-6-8-18(13(19)10-21-3)9-7-12(11)22-14/h4-10H2,1-3H3. The van der Waals surface area contributed by atoms with Crippen molar-refractivity contribution in [1.82, 2.24) is 14.8 Å². The fourth-order valence-corrected chi connectivity index (χ4v) is 3.63. The Bertz CT molecular complexity index is 515. The number of amides is 2. The van der Waals surface area contributed by atoms with Gasteiger partial charge in [-0.2, -0.15) is 0 Å². The smallest absolute Gasteiger partial charge is 0.282 e. The maximum atomic E-state index is 12.4. The average molecular weight is 325 g/mol. The van der Waals surface area contributed by atoms with Crippen molar-refractivity contribution in [2.75, 3.05) is 39.9 Å². The van der Waals surface area contributed by atoms with E-state index in [0.717, 1.165) is 17.0 Å². The van der Waals surface area contributed by atoms with Gasteiger partial charge in [-0.15, -0.1) is 11.3 Å². The third kappa shape index (κ3) is 3.64. The Morgan fingerprint density at radius 2 is 1.95 bits per heavy atom. The van der Waals surface area contributed by atoms with Crippen molar-refractivity contribution in [2.24, 2.45) is 0 Å². The minimum atomic E-state index is 0.00962. The molecule has 0 atom stereocenters. The number of carbonyl (C=O) groups is 2. The van der Waals surface area contributed by atoms with Crippen molar-refractivity contribution in [2.45, 2.75) is 26.7 Å². The number of hydrogen-bond acceptors (Lipinski definition) is 5. The number of ether oxygens (including phenoxy) is 1. The zero-order valence-corrected chi connectivity index (χ0v) is 14.2. The Balaban J connectivity index is 2.07. The number of methoxy groups -OCH3 is 1. The van der Waals surface area contributed by atoms with E-state index in [1.807, 2.05) is 18.7 Å². The molecular formula is C15H23N3O3S. The van der Waals surface area contributed by atoms with Crippen molar-refractivity contribution in [3.63, 3.8) is 0 Å². The van der Waals surface area contributed by atoms with Crippen LogP contribution in [0.1, 0.15) is 34.2 Å². The van der Waals surface area contributed by atoms with Crippen molar-refractivity contribution in [3.05, 3.63) is 15.6 Å². The molecule has 0 fully saturated rings. The molecule has 0 aromatic carbocycles. The first kappa shape index (κ1) is 16.9. The van der Waals surface area contributed by atoms with E-state index in [2.05, 4.69) is 4.98 Å². The van der Waals surface area contributed by atoms with Crippen LogP contribution in [0, 0.1) is 0 Å². The maximum Gasteiger partial charge on any atom is 0.282 e. The van der Waals surface area contributed by atoms with Crippen LogP contribution in [0.15, 0.2) is 0 Å². The number of hydrogen-bond donors (Lipinski definition) is 0. The Kier molecular flexibility index (Phi) is 5.90. The first-order valence-corrected chi connectivity index (χ1v) is 8.46. The lowest BCUT2D eigenvalue weighted by atomic mass is 10.2. The van der Waals surface area contributed by atoms with E-state index in [9.17, 15) is 9.59 Å². The van der Waals surface area contributed by atoms with Gasteiger partial charge in [-0.05, 0) is 13.8 Å². The Morgan fingerprint density at radius 3 is 2.59 bits per heavy atom. The van der Waals surface area contributed by atoms with Gasteiger partial charge in [0.15, 0.2) is 5.01 Å². The fourth-order valence-electron chi connectivity index (χ4n) is 2.56. The summed E-state index contributed by atoms with van der Waals surface area (Å²) in [5.41, 5.74) is 0.966. The summed E-state index contributed by atoms with van der Waals surface area (Å²) in [4.78, 5) is 33.5. The summed E-state index contributed by atoms with van der Waals surface area (Å²) in [6, 6.07) is 0. The van der Waals surface area contributed by atoms with Crippen LogP contribution in [0.3, 0.4) is 0 Å². The van der Waals surface area contributed by atoms with Gasteiger partial charge in [-0.25, -0.2) is 4.98 Å². The normalized spacial score (nSPS) is 14.4. The summed E-state index contributed by atoms with van der Waals surface area (Å²) in [6.45, 7) is 6.75. The molecule has 0 spiro atoms. The van der Waals surface area contributed by atoms with Gasteiger partial charge in [-0.3, -0.25) is 9.59 Å². The third-order valence-corrected chi connectivity index (χ3v) is 5.01. The molecule has 1 aliphatic rings. The number of aromatic nitrogens is 1. The van der Waals surface area contributed by atoms with E-state index in [4.69, 9.17) is 4.74 Å². The molecule has 122 valence electrons. The molecule has 7 heteroatoms. The highest BCUT2D eigenvalue weighted by Crippen LogP contribution is 2.24. The van der Waals surface area contributed by atoms with Crippen molar-refractivity contribution in [1.29, 1.82) is 0 Å². The molecule has 0 aliphatic carbocycles. The van der Waals surface area contributed by atoms with Crippen LogP contribution in [0.4, 0.5) is 0 Å². The zero-order chi connectivity index (χ0) is 16.1. The lowest BCUT2D eigenvalue weighted by Crippen LogP contribution is -2.35. The maximum absolute atomic E-state index is 12.4.